The molecule has 4 aliphatic carbocycles. The van der Waals surface area contributed by atoms with Crippen molar-refractivity contribution >= 4 is 0 Å². The van der Waals surface area contributed by atoms with Gasteiger partial charge in [0.15, 0.2) is 0 Å². The van der Waals surface area contributed by atoms with Gasteiger partial charge in [0, 0.05) is 0 Å². The van der Waals surface area contributed by atoms with Crippen LogP contribution in [-0.2, 0) is 0 Å². The molecule has 2 saturated carbocycles. The Kier molecular flexibility index (Phi) is 5.70. The summed E-state index contributed by atoms with van der Waals surface area (Å²) in [4.78, 5) is 0. The summed E-state index contributed by atoms with van der Waals surface area (Å²) in [5.41, 5.74) is 5.78. The Morgan fingerprint density at radius 3 is 2.57 bits per heavy atom. The number of hydrogen-bond donors (Lipinski definition) is 1. The van der Waals surface area contributed by atoms with Crippen LogP contribution in [0, 0.1) is 39.9 Å². The fourth-order valence-electron chi connectivity index (χ4n) is 8.07. The van der Waals surface area contributed by atoms with Gasteiger partial charge in [0.2, 0.25) is 0 Å². The van der Waals surface area contributed by atoms with Crippen LogP contribution in [0.4, 0.5) is 0 Å². The summed E-state index contributed by atoms with van der Waals surface area (Å²) < 4.78 is 0. The molecule has 0 aromatic carbocycles. The van der Waals surface area contributed by atoms with Crippen molar-refractivity contribution < 1.29 is 5.11 Å². The highest BCUT2D eigenvalue weighted by molar-refractivity contribution is 5.49. The lowest BCUT2D eigenvalue weighted by atomic mass is 9.46. The number of rotatable bonds is 5. The minimum absolute atomic E-state index is 0.112. The molecule has 0 saturated heterocycles. The maximum absolute atomic E-state index is 10.5. The predicted octanol–water partition coefficient (Wildman–Crippen LogP) is 7.87. The van der Waals surface area contributed by atoms with Crippen LogP contribution in [-0.4, -0.2) is 11.2 Å². The molecule has 2 fully saturated rings. The lowest BCUT2D eigenvalue weighted by Crippen LogP contribution is -2.50. The SMILES string of the molecule is C=C(CCCC1CC[C@@]2(C)C3=CCC4C(C)[C@@H](O)CC[C@]4(C)C3=CC[C@]12C)C(C)C. The molecule has 0 bridgehead atoms. The van der Waals surface area contributed by atoms with Gasteiger partial charge in [-0.3, -0.25) is 0 Å². The van der Waals surface area contributed by atoms with Crippen molar-refractivity contribution in [3.8, 4) is 0 Å². The predicted molar refractivity (Wildman–Crippen MR) is 128 cm³/mol. The largest absolute Gasteiger partial charge is 0.393 e. The summed E-state index contributed by atoms with van der Waals surface area (Å²) in [6.45, 7) is 18.9. The first-order valence-electron chi connectivity index (χ1n) is 12.8. The third-order valence-electron chi connectivity index (χ3n) is 10.8. The maximum Gasteiger partial charge on any atom is 0.0569 e. The Bertz CT molecular complexity index is 756. The van der Waals surface area contributed by atoms with Gasteiger partial charge >= 0.3 is 0 Å². The van der Waals surface area contributed by atoms with Gasteiger partial charge in [-0.15, -0.1) is 0 Å². The zero-order chi connectivity index (χ0) is 21.9. The standard InChI is InChI=1S/C29H46O/c1-19(2)20(3)9-8-10-22-13-17-29(7)25-12-11-23-21(4)26(30)15-16-27(23,5)24(25)14-18-28(22,29)6/h12,14,19,21-23,26,30H,3,8-11,13,15-18H2,1-2,4-7H3/t21?,22?,23?,26-,27-,28+,29-/m0/s1. The summed E-state index contributed by atoms with van der Waals surface area (Å²) in [5, 5.41) is 10.5. The highest BCUT2D eigenvalue weighted by atomic mass is 16.3. The summed E-state index contributed by atoms with van der Waals surface area (Å²) >= 11 is 0. The summed E-state index contributed by atoms with van der Waals surface area (Å²) in [5.74, 6) is 2.46. The van der Waals surface area contributed by atoms with Crippen molar-refractivity contribution in [2.24, 2.45) is 39.9 Å². The van der Waals surface area contributed by atoms with Crippen molar-refractivity contribution in [1.82, 2.24) is 0 Å². The first kappa shape index (κ1) is 22.4. The highest BCUT2D eigenvalue weighted by Crippen LogP contribution is 2.70. The van der Waals surface area contributed by atoms with Gasteiger partial charge in [-0.2, -0.15) is 0 Å². The molecule has 7 atom stereocenters. The molecule has 0 amide bonds. The van der Waals surface area contributed by atoms with Crippen molar-refractivity contribution in [1.29, 1.82) is 0 Å². The number of aliphatic hydroxyl groups excluding tert-OH is 1. The van der Waals surface area contributed by atoms with Crippen LogP contribution in [0.25, 0.3) is 0 Å². The molecule has 1 nitrogen and oxygen atoms in total. The Morgan fingerprint density at radius 1 is 1.13 bits per heavy atom. The fourth-order valence-corrected chi connectivity index (χ4v) is 8.07. The zero-order valence-corrected chi connectivity index (χ0v) is 20.6. The van der Waals surface area contributed by atoms with E-state index in [0.29, 0.717) is 28.6 Å². The first-order valence-corrected chi connectivity index (χ1v) is 12.8. The lowest BCUT2D eigenvalue weighted by Gasteiger charge is -2.58. The molecule has 0 aromatic rings. The van der Waals surface area contributed by atoms with Crippen LogP contribution in [0.15, 0.2) is 35.5 Å². The molecule has 0 radical (unpaired) electrons. The van der Waals surface area contributed by atoms with Crippen molar-refractivity contribution in [2.75, 3.05) is 0 Å². The van der Waals surface area contributed by atoms with Crippen LogP contribution >= 0.6 is 0 Å². The van der Waals surface area contributed by atoms with E-state index in [2.05, 4.69) is 60.3 Å². The van der Waals surface area contributed by atoms with Crippen molar-refractivity contribution in [3.05, 3.63) is 35.5 Å². The van der Waals surface area contributed by atoms with Gasteiger partial charge in [0.05, 0.1) is 6.10 Å². The number of fused-ring (bicyclic) bond motifs is 5. The second kappa shape index (κ2) is 7.65. The fraction of sp³-hybridized carbons (Fsp3) is 0.793. The first-order chi connectivity index (χ1) is 14.0. The molecule has 30 heavy (non-hydrogen) atoms. The van der Waals surface area contributed by atoms with E-state index in [0.717, 1.165) is 25.2 Å². The summed E-state index contributed by atoms with van der Waals surface area (Å²) in [6.07, 6.45) is 16.3. The average Bonchev–Trinajstić information content (AvgIpc) is 2.96. The molecule has 4 aliphatic rings. The quantitative estimate of drug-likeness (QED) is 0.457. The summed E-state index contributed by atoms with van der Waals surface area (Å²) in [7, 11) is 0. The van der Waals surface area contributed by atoms with Crippen LogP contribution in [0.1, 0.15) is 99.3 Å². The molecule has 3 unspecified atom stereocenters. The van der Waals surface area contributed by atoms with E-state index >= 15 is 0 Å². The Balaban J connectivity index is 1.58. The molecular formula is C29H46O. The third-order valence-corrected chi connectivity index (χ3v) is 10.8. The molecule has 0 heterocycles. The van der Waals surface area contributed by atoms with Crippen LogP contribution in [0.3, 0.4) is 0 Å². The molecule has 0 aliphatic heterocycles. The molecule has 0 spiro atoms. The smallest absolute Gasteiger partial charge is 0.0569 e. The second-order valence-corrected chi connectivity index (χ2v) is 12.4. The van der Waals surface area contributed by atoms with Gasteiger partial charge in [-0.25, -0.2) is 0 Å². The minimum atomic E-state index is -0.112. The van der Waals surface area contributed by atoms with E-state index in [1.54, 1.807) is 11.1 Å². The molecule has 0 aromatic heterocycles. The van der Waals surface area contributed by atoms with Crippen molar-refractivity contribution in [3.63, 3.8) is 0 Å². The number of allylic oxidation sites excluding steroid dienone is 5. The Labute approximate surface area is 186 Å². The second-order valence-electron chi connectivity index (χ2n) is 12.4. The van der Waals surface area contributed by atoms with Crippen LogP contribution < -0.4 is 0 Å². The highest BCUT2D eigenvalue weighted by Gasteiger charge is 2.60. The maximum atomic E-state index is 10.5. The third kappa shape index (κ3) is 3.13. The molecule has 1 heteroatoms. The Morgan fingerprint density at radius 2 is 1.87 bits per heavy atom. The van der Waals surface area contributed by atoms with E-state index < -0.39 is 0 Å². The van der Waals surface area contributed by atoms with Gasteiger partial charge in [-0.05, 0) is 109 Å². The van der Waals surface area contributed by atoms with Gasteiger partial charge in [0.25, 0.3) is 0 Å². The van der Waals surface area contributed by atoms with Gasteiger partial charge in [0.1, 0.15) is 0 Å². The van der Waals surface area contributed by atoms with E-state index in [1.807, 2.05) is 0 Å². The topological polar surface area (TPSA) is 20.2 Å². The van der Waals surface area contributed by atoms with E-state index in [1.165, 1.54) is 44.1 Å². The number of aliphatic hydroxyl groups is 1. The van der Waals surface area contributed by atoms with Crippen LogP contribution in [0.5, 0.6) is 0 Å². The minimum Gasteiger partial charge on any atom is -0.393 e. The van der Waals surface area contributed by atoms with E-state index in [-0.39, 0.29) is 11.5 Å². The lowest BCUT2D eigenvalue weighted by molar-refractivity contribution is -0.0237. The number of hydrogen-bond acceptors (Lipinski definition) is 1. The molecule has 1 N–H and O–H groups in total. The van der Waals surface area contributed by atoms with E-state index in [4.69, 9.17) is 0 Å². The van der Waals surface area contributed by atoms with Gasteiger partial charge < -0.3 is 5.11 Å². The monoisotopic (exact) mass is 410 g/mol. The Hall–Kier alpha value is -0.820. The van der Waals surface area contributed by atoms with Gasteiger partial charge in [-0.1, -0.05) is 65.8 Å². The molecule has 168 valence electrons. The van der Waals surface area contributed by atoms with Crippen LogP contribution in [0.2, 0.25) is 0 Å². The van der Waals surface area contributed by atoms with E-state index in [9.17, 15) is 5.11 Å². The van der Waals surface area contributed by atoms with Crippen molar-refractivity contribution in [2.45, 2.75) is 105 Å². The molecular weight excluding hydrogens is 364 g/mol. The zero-order valence-electron chi connectivity index (χ0n) is 20.6. The average molecular weight is 411 g/mol. The molecule has 4 rings (SSSR count). The normalized spacial score (nSPS) is 45.3. The summed E-state index contributed by atoms with van der Waals surface area (Å²) in [6, 6.07) is 0.